The van der Waals surface area contributed by atoms with Crippen molar-refractivity contribution in [3.05, 3.63) is 189 Å². The molecule has 0 amide bonds. The molecule has 12 heterocycles. The van der Waals surface area contributed by atoms with Gasteiger partial charge in [-0.3, -0.25) is 43.0 Å². The minimum atomic E-state index is -0.177. The van der Waals surface area contributed by atoms with Crippen LogP contribution in [0, 0.1) is 0 Å². The van der Waals surface area contributed by atoms with Crippen LogP contribution in [0.1, 0.15) is 134 Å². The highest BCUT2D eigenvalue weighted by Crippen LogP contribution is 2.41. The Labute approximate surface area is 620 Å². The molecule has 0 fully saturated rings. The van der Waals surface area contributed by atoms with Crippen molar-refractivity contribution in [1.82, 2.24) is 74.1 Å². The predicted octanol–water partition coefficient (Wildman–Crippen LogP) is 14.7. The monoisotopic (exact) mass is 1430 g/mol. The zero-order chi connectivity index (χ0) is 75.4. The number of likely N-dealkylation sites (N-methyl/N-ethyl adjacent to an activating group) is 1. The zero-order valence-electron chi connectivity index (χ0n) is 64.6. The number of nitrogens with one attached hydrogen (secondary N) is 5. The minimum Gasteiger partial charge on any atom is -0.492 e. The summed E-state index contributed by atoms with van der Waals surface area (Å²) in [6.07, 6.45) is 11.5. The summed E-state index contributed by atoms with van der Waals surface area (Å²) >= 11 is 0. The first-order valence-corrected chi connectivity index (χ1v) is 37.3. The second kappa shape index (κ2) is 29.4. The zero-order valence-corrected chi connectivity index (χ0v) is 64.6. The van der Waals surface area contributed by atoms with E-state index in [4.69, 9.17) is 29.7 Å². The van der Waals surface area contributed by atoms with Crippen LogP contribution in [0.5, 0.6) is 5.75 Å². The number of hydrogen-bond donors (Lipinski definition) is 5. The molecule has 12 aromatic rings. The van der Waals surface area contributed by atoms with Crippen LogP contribution in [0.2, 0.25) is 0 Å². The Morgan fingerprint density at radius 3 is 1.13 bits per heavy atom. The number of pyridine rings is 3. The van der Waals surface area contributed by atoms with Gasteiger partial charge in [0.25, 0.3) is 16.7 Å². The molecule has 0 bridgehead atoms. The molecular formula is C84H102N18O4. The molecule has 22 nitrogen and oxygen atoms in total. The SMILES string of the molecule is CCN(CC)CCOc1ccnc(-c2ccc3[nH]cc(-c4cc(=O)n5c(n4)N(C(C)C)C(C)(C)C5)c3c2)c1.CN[C@@H](C)c1ccc(-c2ccc3[nH]cc(-c4cc(=O)n5c(n4)N(C(C)C)C(C)(C)C5)c3c2)nc1.CN[C@H](C)c1ccc(-c2ccc3[nH]cc(-c4cc(=O)n5c(n4)N(C(C)C)C(C)(C)C5)c3c2)nc1. The summed E-state index contributed by atoms with van der Waals surface area (Å²) in [5.41, 5.74) is 15.2. The van der Waals surface area contributed by atoms with Crippen molar-refractivity contribution >= 4 is 50.6 Å². The van der Waals surface area contributed by atoms with Gasteiger partial charge in [0.15, 0.2) is 0 Å². The molecule has 3 aliphatic rings. The molecule has 0 aliphatic carbocycles. The van der Waals surface area contributed by atoms with Crippen LogP contribution in [-0.4, -0.2) is 139 Å². The van der Waals surface area contributed by atoms with Crippen molar-refractivity contribution in [2.75, 3.05) is 55.0 Å². The number of aromatic amines is 3. The van der Waals surface area contributed by atoms with Crippen molar-refractivity contribution < 1.29 is 4.74 Å². The lowest BCUT2D eigenvalue weighted by molar-refractivity contribution is 0.223. The van der Waals surface area contributed by atoms with Gasteiger partial charge in [-0.05, 0) is 190 Å². The average molecular weight is 1430 g/mol. The van der Waals surface area contributed by atoms with E-state index in [0.717, 1.165) is 138 Å². The van der Waals surface area contributed by atoms with E-state index >= 15 is 0 Å². The number of ether oxygens (including phenoxy) is 1. The summed E-state index contributed by atoms with van der Waals surface area (Å²) in [7, 11) is 3.89. The normalized spacial score (nSPS) is 15.4. The first kappa shape index (κ1) is 73.8. The number of hydrogen-bond acceptors (Lipinski definition) is 16. The number of H-pyrrole nitrogens is 3. The average Bonchev–Trinajstić information content (AvgIpc) is 1.60. The predicted molar refractivity (Wildman–Crippen MR) is 430 cm³/mol. The molecular weight excluding hydrogens is 1330 g/mol. The summed E-state index contributed by atoms with van der Waals surface area (Å²) < 4.78 is 11.4. The van der Waals surface area contributed by atoms with E-state index in [-0.39, 0.29) is 63.5 Å². The molecule has 9 aromatic heterocycles. The van der Waals surface area contributed by atoms with Crippen molar-refractivity contribution in [1.29, 1.82) is 0 Å². The molecule has 0 saturated heterocycles. The topological polar surface area (TPSA) is 237 Å². The highest BCUT2D eigenvalue weighted by atomic mass is 16.5. The Balaban J connectivity index is 0.000000141. The first-order chi connectivity index (χ1) is 50.6. The van der Waals surface area contributed by atoms with Crippen molar-refractivity contribution in [2.24, 2.45) is 0 Å². The van der Waals surface area contributed by atoms with Gasteiger partial charge in [-0.25, -0.2) is 15.0 Å². The van der Waals surface area contributed by atoms with Gasteiger partial charge in [-0.2, -0.15) is 0 Å². The highest BCUT2D eigenvalue weighted by Gasteiger charge is 2.42. The number of fused-ring (bicyclic) bond motifs is 6. The van der Waals surface area contributed by atoms with Crippen molar-refractivity contribution in [3.63, 3.8) is 0 Å². The van der Waals surface area contributed by atoms with Gasteiger partial charge in [0.1, 0.15) is 12.4 Å². The maximum atomic E-state index is 13.2. The smallest absolute Gasteiger partial charge is 0.255 e. The second-order valence-electron chi connectivity index (χ2n) is 31.0. The molecule has 15 rings (SSSR count). The lowest BCUT2D eigenvalue weighted by atomic mass is 10.0. The van der Waals surface area contributed by atoms with Crippen LogP contribution in [0.25, 0.3) is 100 Å². The van der Waals surface area contributed by atoms with Gasteiger partial charge in [-0.1, -0.05) is 44.2 Å². The molecule has 106 heavy (non-hydrogen) atoms. The molecule has 2 atom stereocenters. The van der Waals surface area contributed by atoms with Gasteiger partial charge in [0.05, 0.1) is 70.4 Å². The fourth-order valence-electron chi connectivity index (χ4n) is 15.8. The van der Waals surface area contributed by atoms with Crippen molar-refractivity contribution in [2.45, 2.75) is 177 Å². The summed E-state index contributed by atoms with van der Waals surface area (Å²) in [5.74, 6) is 3.02. The van der Waals surface area contributed by atoms with Crippen LogP contribution in [0.15, 0.2) is 161 Å². The third kappa shape index (κ3) is 14.3. The first-order valence-electron chi connectivity index (χ1n) is 37.3. The summed E-state index contributed by atoms with van der Waals surface area (Å²) in [6.45, 7) is 39.8. The Kier molecular flexibility index (Phi) is 20.5. The number of rotatable bonds is 19. The van der Waals surface area contributed by atoms with E-state index in [1.54, 1.807) is 38.1 Å². The van der Waals surface area contributed by atoms with E-state index in [2.05, 4.69) is 234 Å². The number of nitrogens with zero attached hydrogens (tertiary/aromatic N) is 13. The standard InChI is InChI=1S/C30H38N6O2.2C27H32N6O/c1-7-34(8-2)13-14-38-22-11-12-31-26(16-22)21-9-10-25-23(15-21)24(18-32-25)27-17-28(37)35-19-30(5,6)36(20(3)4)29(35)33-27;2*1-16(2)33-26-31-24(12-25(34)32(26)15-27(33,4)5)21-14-30-23-10-7-18(11-20(21)23)22-9-8-19(13-29-22)17(3)28-6/h9-12,15-18,20,32H,7-8,13-14,19H2,1-6H3;2*7-14,16-17,28,30H,15H2,1-6H3/t;2*17-/m.10/s1. The lowest BCUT2D eigenvalue weighted by Crippen LogP contribution is -2.45. The maximum Gasteiger partial charge on any atom is 0.255 e. The third-order valence-corrected chi connectivity index (χ3v) is 21.3. The fraction of sp³-hybridized carbons (Fsp3) is 0.393. The number of anilines is 3. The summed E-state index contributed by atoms with van der Waals surface area (Å²) in [6, 6.07) is 37.1. The van der Waals surface area contributed by atoms with Gasteiger partial charge in [-0.15, -0.1) is 0 Å². The third-order valence-electron chi connectivity index (χ3n) is 21.3. The Morgan fingerprint density at radius 2 is 0.811 bits per heavy atom. The minimum absolute atomic E-state index is 0.0161. The second-order valence-corrected chi connectivity index (χ2v) is 31.0. The van der Waals surface area contributed by atoms with E-state index in [1.807, 2.05) is 63.3 Å². The van der Waals surface area contributed by atoms with Crippen LogP contribution in [0.3, 0.4) is 0 Å². The molecule has 22 heteroatoms. The van der Waals surface area contributed by atoms with Crippen molar-refractivity contribution in [3.8, 4) is 73.3 Å². The van der Waals surface area contributed by atoms with Gasteiger partial charge >= 0.3 is 0 Å². The quantitative estimate of drug-likeness (QED) is 0.0506. The largest absolute Gasteiger partial charge is 0.492 e. The molecule has 0 saturated carbocycles. The Hall–Kier alpha value is -10.6. The number of aromatic nitrogens is 12. The van der Waals surface area contributed by atoms with Gasteiger partial charge in [0.2, 0.25) is 17.8 Å². The van der Waals surface area contributed by atoms with E-state index in [1.165, 1.54) is 0 Å². The Morgan fingerprint density at radius 1 is 0.453 bits per heavy atom. The van der Waals surface area contributed by atoms with Gasteiger partial charge < -0.3 is 49.9 Å². The summed E-state index contributed by atoms with van der Waals surface area (Å²) in [5, 5.41) is 9.54. The fourth-order valence-corrected chi connectivity index (χ4v) is 15.8. The van der Waals surface area contributed by atoms with Crippen LogP contribution in [0.4, 0.5) is 17.8 Å². The molecule has 3 aliphatic heterocycles. The Bertz CT molecular complexity index is 5160. The lowest BCUT2D eigenvalue weighted by Gasteiger charge is -2.35. The molecule has 5 N–H and O–H groups in total. The van der Waals surface area contributed by atoms with Crippen LogP contribution in [-0.2, 0) is 19.6 Å². The van der Waals surface area contributed by atoms with E-state index in [9.17, 15) is 14.4 Å². The molecule has 552 valence electrons. The molecule has 3 aromatic carbocycles. The van der Waals surface area contributed by atoms with E-state index < -0.39 is 0 Å². The van der Waals surface area contributed by atoms with Gasteiger partial charge in [0, 0.05) is 164 Å². The molecule has 0 unspecified atom stereocenters. The van der Waals surface area contributed by atoms with Crippen LogP contribution >= 0.6 is 0 Å². The van der Waals surface area contributed by atoms with Crippen LogP contribution < -0.4 is 46.7 Å². The maximum absolute atomic E-state index is 13.2. The van der Waals surface area contributed by atoms with E-state index in [0.29, 0.717) is 43.3 Å². The number of benzene rings is 3. The summed E-state index contributed by atoms with van der Waals surface area (Å²) in [4.78, 5) is 87.5. The molecule has 0 radical (unpaired) electrons. The highest BCUT2D eigenvalue weighted by molar-refractivity contribution is 5.99. The molecule has 0 spiro atoms.